The van der Waals surface area contributed by atoms with Crippen LogP contribution in [-0.2, 0) is 10.0 Å². The third kappa shape index (κ3) is 5.41. The molecule has 0 saturated carbocycles. The Morgan fingerprint density at radius 3 is 2.55 bits per heavy atom. The van der Waals surface area contributed by atoms with Crippen molar-refractivity contribution in [3.8, 4) is 6.07 Å². The average Bonchev–Trinajstić information content (AvgIpc) is 2.98. The Morgan fingerprint density at radius 2 is 2.03 bits per heavy atom. The summed E-state index contributed by atoms with van der Waals surface area (Å²) in [7, 11) is -4.49. The number of nitrogens with zero attached hydrogens (tertiary/aromatic N) is 5. The van der Waals surface area contributed by atoms with Gasteiger partial charge in [0.05, 0.1) is 28.6 Å². The van der Waals surface area contributed by atoms with E-state index in [2.05, 4.69) is 30.0 Å². The van der Waals surface area contributed by atoms with Gasteiger partial charge in [-0.25, -0.2) is 17.9 Å². The van der Waals surface area contributed by atoms with E-state index in [1.54, 1.807) is 10.7 Å². The number of aliphatic hydroxyl groups is 1. The molecule has 1 saturated heterocycles. The van der Waals surface area contributed by atoms with Gasteiger partial charge in [-0.1, -0.05) is 32.4 Å². The van der Waals surface area contributed by atoms with Crippen LogP contribution < -0.4 is 5.73 Å². The molecule has 2 atom stereocenters. The molecule has 3 heterocycles. The Balaban J connectivity index is 0.000000233. The number of alkyl halides is 2. The molecule has 2 unspecified atom stereocenters. The van der Waals surface area contributed by atoms with Gasteiger partial charge in [0.1, 0.15) is 11.6 Å². The number of β-amino-alcohol motifs (C(OH)–C–C–N with tert-alkyl or cyclic N) is 1. The first kappa shape index (κ1) is 25.2. The number of rotatable bonds is 4. The standard InChI is InChI=1S/C12H14ClN5.C6H11F2NO3S/c1-6(2)7(3)11-8(4-14)10(13)9-5-16-12(15)17-18(9)11;7-6(8)13(11,12)9-3-1-2-5(10)4-9/h5-7H,1-3H3,(H2,15,17);5-6,10H,1-4H2. The molecule has 2 aromatic heterocycles. The highest BCUT2D eigenvalue weighted by Gasteiger charge is 2.34. The maximum Gasteiger partial charge on any atom is 0.350 e. The topological polar surface area (TPSA) is 138 Å². The van der Waals surface area contributed by atoms with Gasteiger partial charge in [-0.05, 0) is 18.8 Å². The van der Waals surface area contributed by atoms with E-state index in [9.17, 15) is 22.5 Å². The lowest BCUT2D eigenvalue weighted by Crippen LogP contribution is -2.44. The molecule has 3 N–H and O–H groups in total. The van der Waals surface area contributed by atoms with Crippen LogP contribution in [0.3, 0.4) is 0 Å². The van der Waals surface area contributed by atoms with E-state index in [-0.39, 0.29) is 25.0 Å². The molecule has 1 aliphatic heterocycles. The summed E-state index contributed by atoms with van der Waals surface area (Å²) in [4.78, 5) is 3.91. The number of piperidine rings is 1. The van der Waals surface area contributed by atoms with Crippen molar-refractivity contribution in [3.05, 3.63) is 22.5 Å². The molecule has 3 rings (SSSR count). The first-order valence-corrected chi connectivity index (χ1v) is 11.5. The molecule has 1 fully saturated rings. The number of anilines is 1. The largest absolute Gasteiger partial charge is 0.392 e. The van der Waals surface area contributed by atoms with Crippen molar-refractivity contribution in [2.75, 3.05) is 18.8 Å². The fourth-order valence-electron chi connectivity index (χ4n) is 3.15. The van der Waals surface area contributed by atoms with Gasteiger partial charge in [0.2, 0.25) is 5.95 Å². The number of aromatic nitrogens is 3. The molecule has 0 aliphatic carbocycles. The van der Waals surface area contributed by atoms with Crippen LogP contribution in [0.25, 0.3) is 5.52 Å². The Kier molecular flexibility index (Phi) is 8.15. The van der Waals surface area contributed by atoms with Crippen molar-refractivity contribution in [1.29, 1.82) is 5.26 Å². The van der Waals surface area contributed by atoms with Gasteiger partial charge in [-0.15, -0.1) is 5.10 Å². The lowest BCUT2D eigenvalue weighted by atomic mass is 9.93. The van der Waals surface area contributed by atoms with E-state index in [4.69, 9.17) is 22.4 Å². The summed E-state index contributed by atoms with van der Waals surface area (Å²) in [6, 6.07) is 2.15. The van der Waals surface area contributed by atoms with Crippen LogP contribution in [0, 0.1) is 17.2 Å². The summed E-state index contributed by atoms with van der Waals surface area (Å²) in [5.41, 5.74) is 7.47. The molecule has 13 heteroatoms. The quantitative estimate of drug-likeness (QED) is 0.688. The zero-order chi connectivity index (χ0) is 23.5. The molecule has 0 spiro atoms. The SMILES string of the molecule is CC(C)C(C)c1c(C#N)c(Cl)c2cnc(N)nn12.O=S(=O)(C(F)F)N1CCCC(O)C1. The smallest absolute Gasteiger partial charge is 0.350 e. The van der Waals surface area contributed by atoms with Gasteiger partial charge < -0.3 is 10.8 Å². The minimum absolute atomic E-state index is 0.0731. The highest BCUT2D eigenvalue weighted by molar-refractivity contribution is 7.89. The van der Waals surface area contributed by atoms with Gasteiger partial charge in [0, 0.05) is 19.0 Å². The highest BCUT2D eigenvalue weighted by atomic mass is 35.5. The number of sulfonamides is 1. The Morgan fingerprint density at radius 1 is 1.39 bits per heavy atom. The van der Waals surface area contributed by atoms with Crippen molar-refractivity contribution in [3.63, 3.8) is 0 Å². The van der Waals surface area contributed by atoms with Crippen LogP contribution in [0.2, 0.25) is 5.02 Å². The lowest BCUT2D eigenvalue weighted by molar-refractivity contribution is 0.103. The third-order valence-corrected chi connectivity index (χ3v) is 7.05. The molecule has 0 bridgehead atoms. The first-order chi connectivity index (χ1) is 14.4. The predicted octanol–water partition coefficient (Wildman–Crippen LogP) is 2.59. The number of fused-ring (bicyclic) bond motifs is 1. The molecule has 31 heavy (non-hydrogen) atoms. The maximum atomic E-state index is 12.0. The molecule has 0 radical (unpaired) electrons. The molecule has 172 valence electrons. The molecule has 0 amide bonds. The van der Waals surface area contributed by atoms with E-state index in [0.29, 0.717) is 39.2 Å². The van der Waals surface area contributed by atoms with Gasteiger partial charge in [-0.3, -0.25) is 0 Å². The lowest BCUT2D eigenvalue weighted by Gasteiger charge is -2.28. The van der Waals surface area contributed by atoms with E-state index >= 15 is 0 Å². The maximum absolute atomic E-state index is 12.0. The van der Waals surface area contributed by atoms with Crippen molar-refractivity contribution < 1.29 is 22.3 Å². The summed E-state index contributed by atoms with van der Waals surface area (Å²) in [6.07, 6.45) is 1.62. The summed E-state index contributed by atoms with van der Waals surface area (Å²) in [6.45, 7) is 6.08. The second-order valence-corrected chi connectivity index (χ2v) is 9.87. The van der Waals surface area contributed by atoms with E-state index in [1.807, 2.05) is 6.92 Å². The van der Waals surface area contributed by atoms with Crippen LogP contribution in [0.15, 0.2) is 6.20 Å². The first-order valence-electron chi connectivity index (χ1n) is 9.59. The highest BCUT2D eigenvalue weighted by Crippen LogP contribution is 2.34. The molecule has 1 aliphatic rings. The zero-order valence-corrected chi connectivity index (χ0v) is 18.9. The Labute approximate surface area is 184 Å². The van der Waals surface area contributed by atoms with E-state index in [1.165, 1.54) is 0 Å². The minimum atomic E-state index is -4.49. The van der Waals surface area contributed by atoms with Gasteiger partial charge in [0.15, 0.2) is 0 Å². The summed E-state index contributed by atoms with van der Waals surface area (Å²) < 4.78 is 48.1. The summed E-state index contributed by atoms with van der Waals surface area (Å²) >= 11 is 6.20. The Hall–Kier alpha value is -2.07. The van der Waals surface area contributed by atoms with Crippen LogP contribution in [-0.4, -0.2) is 57.4 Å². The molecule has 2 aromatic rings. The average molecular weight is 479 g/mol. The summed E-state index contributed by atoms with van der Waals surface area (Å²) in [5, 5.41) is 22.9. The second kappa shape index (κ2) is 10.0. The number of hydrogen-bond acceptors (Lipinski definition) is 7. The molecular weight excluding hydrogens is 454 g/mol. The fourth-order valence-corrected chi connectivity index (χ4v) is 4.41. The molecule has 0 aromatic carbocycles. The summed E-state index contributed by atoms with van der Waals surface area (Å²) in [5.74, 6) is -2.72. The number of hydrogen-bond donors (Lipinski definition) is 2. The zero-order valence-electron chi connectivity index (χ0n) is 17.3. The van der Waals surface area contributed by atoms with Crippen molar-refractivity contribution in [2.45, 2.75) is 51.4 Å². The van der Waals surface area contributed by atoms with Gasteiger partial charge >= 0.3 is 5.76 Å². The van der Waals surface area contributed by atoms with Gasteiger partial charge in [0.25, 0.3) is 10.0 Å². The van der Waals surface area contributed by atoms with Crippen LogP contribution >= 0.6 is 11.6 Å². The normalized spacial score (nSPS) is 18.6. The molecular formula is C18H25ClF2N6O3S. The number of nitrogens with two attached hydrogens (primary N) is 1. The van der Waals surface area contributed by atoms with Crippen molar-refractivity contribution in [1.82, 2.24) is 18.9 Å². The molecule has 9 nitrogen and oxygen atoms in total. The number of nitriles is 1. The van der Waals surface area contributed by atoms with Crippen molar-refractivity contribution in [2.24, 2.45) is 5.92 Å². The van der Waals surface area contributed by atoms with Crippen LogP contribution in [0.5, 0.6) is 0 Å². The fraction of sp³-hybridized carbons (Fsp3) is 0.611. The van der Waals surface area contributed by atoms with Gasteiger partial charge in [-0.2, -0.15) is 18.3 Å². The monoisotopic (exact) mass is 478 g/mol. The second-order valence-electron chi connectivity index (χ2n) is 7.59. The van der Waals surface area contributed by atoms with E-state index < -0.39 is 21.9 Å². The van der Waals surface area contributed by atoms with Crippen molar-refractivity contribution >= 4 is 33.1 Å². The predicted molar refractivity (Wildman–Crippen MR) is 112 cm³/mol. The third-order valence-electron chi connectivity index (χ3n) is 5.17. The Bertz CT molecular complexity index is 1070. The van der Waals surface area contributed by atoms with Crippen LogP contribution in [0.1, 0.15) is 50.8 Å². The minimum Gasteiger partial charge on any atom is -0.392 e. The number of halogens is 3. The van der Waals surface area contributed by atoms with Crippen LogP contribution in [0.4, 0.5) is 14.7 Å². The number of aliphatic hydroxyl groups excluding tert-OH is 1. The number of nitrogen functional groups attached to an aromatic ring is 1. The van der Waals surface area contributed by atoms with E-state index in [0.717, 1.165) is 5.69 Å².